The summed E-state index contributed by atoms with van der Waals surface area (Å²) in [5.74, 6) is -1.68. The van der Waals surface area contributed by atoms with E-state index in [1.54, 1.807) is 4.90 Å². The average Bonchev–Trinajstić information content (AvgIpc) is 2.92. The second-order valence-electron chi connectivity index (χ2n) is 6.33. The molecule has 21 heavy (non-hydrogen) atoms. The van der Waals surface area contributed by atoms with Crippen LogP contribution in [0.4, 0.5) is 0 Å². The lowest BCUT2D eigenvalue weighted by atomic mass is 10.1. The van der Waals surface area contributed by atoms with Crippen LogP contribution < -0.4 is 0 Å². The Morgan fingerprint density at radius 3 is 2.57 bits per heavy atom. The van der Waals surface area contributed by atoms with Crippen molar-refractivity contribution in [2.24, 2.45) is 11.8 Å². The van der Waals surface area contributed by atoms with E-state index in [2.05, 4.69) is 0 Å². The van der Waals surface area contributed by atoms with E-state index in [-0.39, 0.29) is 31.2 Å². The molecule has 2 N–H and O–H groups in total. The molecule has 2 unspecified atom stereocenters. The van der Waals surface area contributed by atoms with E-state index >= 15 is 0 Å². The minimum Gasteiger partial charge on any atom is -0.480 e. The van der Waals surface area contributed by atoms with Crippen LogP contribution in [0.3, 0.4) is 0 Å². The molecule has 0 aliphatic carbocycles. The predicted octanol–water partition coefficient (Wildman–Crippen LogP) is -0.463. The maximum absolute atomic E-state index is 12.5. The SMILES string of the molecule is CC(C)CN1CC(C(=O)N2CC(O)C[C@H]2C(=O)O)CC1=O. The first kappa shape index (κ1) is 15.8. The molecule has 0 aromatic heterocycles. The fraction of sp³-hybridized carbons (Fsp3) is 0.786. The number of aliphatic hydroxyl groups is 1. The van der Waals surface area contributed by atoms with Crippen LogP contribution in [0.5, 0.6) is 0 Å². The van der Waals surface area contributed by atoms with Gasteiger partial charge in [-0.15, -0.1) is 0 Å². The molecule has 0 radical (unpaired) electrons. The Labute approximate surface area is 123 Å². The highest BCUT2D eigenvalue weighted by molar-refractivity contribution is 5.91. The molecule has 0 spiro atoms. The molecule has 7 heteroatoms. The molecule has 2 heterocycles. The van der Waals surface area contributed by atoms with Gasteiger partial charge in [-0.1, -0.05) is 13.8 Å². The zero-order valence-corrected chi connectivity index (χ0v) is 12.4. The number of nitrogens with zero attached hydrogens (tertiary/aromatic N) is 2. The highest BCUT2D eigenvalue weighted by Crippen LogP contribution is 2.26. The van der Waals surface area contributed by atoms with Crippen LogP contribution in [-0.2, 0) is 14.4 Å². The molecule has 0 aromatic rings. The van der Waals surface area contributed by atoms with Crippen molar-refractivity contribution in [3.8, 4) is 0 Å². The van der Waals surface area contributed by atoms with Gasteiger partial charge in [0.15, 0.2) is 0 Å². The van der Waals surface area contributed by atoms with Gasteiger partial charge in [0.05, 0.1) is 12.0 Å². The number of amides is 2. The Hall–Kier alpha value is -1.63. The molecule has 0 aromatic carbocycles. The van der Waals surface area contributed by atoms with Gasteiger partial charge in [-0.25, -0.2) is 4.79 Å². The quantitative estimate of drug-likeness (QED) is 0.731. The molecule has 118 valence electrons. The van der Waals surface area contributed by atoms with Crippen LogP contribution in [0.15, 0.2) is 0 Å². The maximum Gasteiger partial charge on any atom is 0.326 e. The summed E-state index contributed by atoms with van der Waals surface area (Å²) in [7, 11) is 0. The normalized spacial score (nSPS) is 29.5. The van der Waals surface area contributed by atoms with Gasteiger partial charge in [0.2, 0.25) is 11.8 Å². The molecule has 2 aliphatic rings. The van der Waals surface area contributed by atoms with Crippen LogP contribution >= 0.6 is 0 Å². The average molecular weight is 298 g/mol. The van der Waals surface area contributed by atoms with Crippen molar-refractivity contribution in [3.63, 3.8) is 0 Å². The number of likely N-dealkylation sites (tertiary alicyclic amines) is 2. The lowest BCUT2D eigenvalue weighted by Gasteiger charge is -2.24. The summed E-state index contributed by atoms with van der Waals surface area (Å²) in [5, 5.41) is 18.7. The number of aliphatic hydroxyl groups excluding tert-OH is 1. The van der Waals surface area contributed by atoms with E-state index in [9.17, 15) is 19.5 Å². The third-order valence-corrected chi connectivity index (χ3v) is 4.00. The fourth-order valence-corrected chi connectivity index (χ4v) is 3.08. The third-order valence-electron chi connectivity index (χ3n) is 4.00. The zero-order chi connectivity index (χ0) is 15.7. The lowest BCUT2D eigenvalue weighted by Crippen LogP contribution is -2.44. The zero-order valence-electron chi connectivity index (χ0n) is 12.4. The van der Waals surface area contributed by atoms with Crippen LogP contribution in [-0.4, -0.2) is 69.6 Å². The first-order chi connectivity index (χ1) is 9.79. The number of hydrogen-bond acceptors (Lipinski definition) is 4. The molecule has 2 rings (SSSR count). The largest absolute Gasteiger partial charge is 0.480 e. The number of carbonyl (C=O) groups excluding carboxylic acids is 2. The topological polar surface area (TPSA) is 98.2 Å². The lowest BCUT2D eigenvalue weighted by molar-refractivity contribution is -0.149. The van der Waals surface area contributed by atoms with Crippen molar-refractivity contribution in [1.82, 2.24) is 9.80 Å². The Balaban J connectivity index is 2.04. The predicted molar refractivity (Wildman–Crippen MR) is 73.3 cm³/mol. The molecule has 0 bridgehead atoms. The standard InChI is InChI=1S/C14H22N2O5/c1-8(2)5-15-6-9(3-12(15)18)13(19)16-7-10(17)4-11(16)14(20)21/h8-11,17H,3-7H2,1-2H3,(H,20,21)/t9?,10?,11-/m0/s1. The van der Waals surface area contributed by atoms with Gasteiger partial charge in [-0.05, 0) is 5.92 Å². The monoisotopic (exact) mass is 298 g/mol. The molecule has 2 aliphatic heterocycles. The number of aliphatic carboxylic acids is 1. The van der Waals surface area contributed by atoms with E-state index in [1.165, 1.54) is 4.90 Å². The first-order valence-corrected chi connectivity index (χ1v) is 7.28. The molecule has 2 saturated heterocycles. The Morgan fingerprint density at radius 1 is 1.33 bits per heavy atom. The van der Waals surface area contributed by atoms with E-state index < -0.39 is 24.0 Å². The van der Waals surface area contributed by atoms with Crippen molar-refractivity contribution >= 4 is 17.8 Å². The van der Waals surface area contributed by atoms with Gasteiger partial charge >= 0.3 is 5.97 Å². The second kappa shape index (κ2) is 6.01. The first-order valence-electron chi connectivity index (χ1n) is 7.28. The number of hydrogen-bond donors (Lipinski definition) is 2. The molecule has 2 amide bonds. The van der Waals surface area contributed by atoms with Crippen molar-refractivity contribution in [1.29, 1.82) is 0 Å². The van der Waals surface area contributed by atoms with Crippen molar-refractivity contribution in [2.75, 3.05) is 19.6 Å². The summed E-state index contributed by atoms with van der Waals surface area (Å²) in [5.41, 5.74) is 0. The van der Waals surface area contributed by atoms with Crippen LogP contribution in [0.25, 0.3) is 0 Å². The third kappa shape index (κ3) is 3.34. The Bertz CT molecular complexity index is 451. The summed E-state index contributed by atoms with van der Waals surface area (Å²) in [4.78, 5) is 38.4. The Kier molecular flexibility index (Phi) is 4.51. The van der Waals surface area contributed by atoms with Gasteiger partial charge in [0.1, 0.15) is 6.04 Å². The Morgan fingerprint density at radius 2 is 2.00 bits per heavy atom. The summed E-state index contributed by atoms with van der Waals surface area (Å²) >= 11 is 0. The maximum atomic E-state index is 12.5. The second-order valence-corrected chi connectivity index (χ2v) is 6.33. The number of carboxylic acids is 1. The molecule has 2 fully saturated rings. The smallest absolute Gasteiger partial charge is 0.326 e. The molecular formula is C14H22N2O5. The van der Waals surface area contributed by atoms with Crippen LogP contribution in [0, 0.1) is 11.8 Å². The van der Waals surface area contributed by atoms with Gasteiger partial charge in [-0.3, -0.25) is 9.59 Å². The van der Waals surface area contributed by atoms with Crippen molar-refractivity contribution in [3.05, 3.63) is 0 Å². The van der Waals surface area contributed by atoms with Gasteiger partial charge in [0, 0.05) is 32.5 Å². The molecular weight excluding hydrogens is 276 g/mol. The van der Waals surface area contributed by atoms with Gasteiger partial charge in [0.25, 0.3) is 0 Å². The highest BCUT2D eigenvalue weighted by Gasteiger charge is 2.44. The van der Waals surface area contributed by atoms with Gasteiger partial charge in [-0.2, -0.15) is 0 Å². The molecule has 0 saturated carbocycles. The summed E-state index contributed by atoms with van der Waals surface area (Å²) < 4.78 is 0. The van der Waals surface area contributed by atoms with Crippen LogP contribution in [0.1, 0.15) is 26.7 Å². The number of carbonyl (C=O) groups is 3. The van der Waals surface area contributed by atoms with Crippen molar-refractivity contribution in [2.45, 2.75) is 38.8 Å². The number of carboxylic acid groups (broad SMARTS) is 1. The molecule has 7 nitrogen and oxygen atoms in total. The fourth-order valence-electron chi connectivity index (χ4n) is 3.08. The minimum atomic E-state index is -1.11. The number of β-amino-alcohol motifs (C(OH)–C–C–N with tert-alkyl or cyclic N) is 1. The van der Waals surface area contributed by atoms with E-state index in [1.807, 2.05) is 13.8 Å². The highest BCUT2D eigenvalue weighted by atomic mass is 16.4. The van der Waals surface area contributed by atoms with Crippen molar-refractivity contribution < 1.29 is 24.6 Å². The summed E-state index contributed by atoms with van der Waals surface area (Å²) in [6.07, 6.45) is -0.624. The van der Waals surface area contributed by atoms with E-state index in [4.69, 9.17) is 5.11 Å². The van der Waals surface area contributed by atoms with E-state index in [0.717, 1.165) is 0 Å². The van der Waals surface area contributed by atoms with E-state index in [0.29, 0.717) is 19.0 Å². The molecule has 3 atom stereocenters. The number of rotatable bonds is 4. The van der Waals surface area contributed by atoms with Gasteiger partial charge < -0.3 is 20.0 Å². The summed E-state index contributed by atoms with van der Waals surface area (Å²) in [6.45, 7) is 4.98. The summed E-state index contributed by atoms with van der Waals surface area (Å²) in [6, 6.07) is -0.984. The van der Waals surface area contributed by atoms with Crippen LogP contribution in [0.2, 0.25) is 0 Å². The minimum absolute atomic E-state index is 0.0324.